The van der Waals surface area contributed by atoms with E-state index in [1.807, 2.05) is 0 Å². The van der Waals surface area contributed by atoms with Crippen LogP contribution in [0.15, 0.2) is 0 Å². The summed E-state index contributed by atoms with van der Waals surface area (Å²) in [5, 5.41) is 12.2. The Morgan fingerprint density at radius 1 is 1.18 bits per heavy atom. The Hall–Kier alpha value is -1.06. The number of carbonyl (C=O) groups is 2. The average molecular weight is 239 g/mol. The summed E-state index contributed by atoms with van der Waals surface area (Å²) >= 11 is 0. The number of aliphatic carboxylic acids is 1. The molecular weight excluding hydrogens is 218 g/mol. The Morgan fingerprint density at radius 2 is 1.82 bits per heavy atom. The van der Waals surface area contributed by atoms with Crippen LogP contribution in [-0.4, -0.2) is 23.5 Å². The molecule has 2 saturated carbocycles. The van der Waals surface area contributed by atoms with Crippen molar-refractivity contribution in [3.8, 4) is 0 Å². The molecule has 2 aliphatic rings. The number of hydrogen-bond donors (Lipinski definition) is 2. The lowest BCUT2D eigenvalue weighted by atomic mass is 9.82. The molecule has 2 aliphatic carbocycles. The number of carbonyl (C=O) groups excluding carboxylic acids is 1. The first-order valence-electron chi connectivity index (χ1n) is 6.62. The molecule has 4 nitrogen and oxygen atoms in total. The molecule has 2 fully saturated rings. The first-order valence-corrected chi connectivity index (χ1v) is 6.62. The van der Waals surface area contributed by atoms with Crippen molar-refractivity contribution in [1.82, 2.24) is 5.32 Å². The van der Waals surface area contributed by atoms with Crippen LogP contribution in [0.4, 0.5) is 0 Å². The van der Waals surface area contributed by atoms with Crippen LogP contribution in [-0.2, 0) is 9.59 Å². The lowest BCUT2D eigenvalue weighted by Crippen LogP contribution is -2.38. The Kier molecular flexibility index (Phi) is 3.69. The molecule has 0 radical (unpaired) electrons. The molecule has 0 saturated heterocycles. The third-order valence-electron chi connectivity index (χ3n) is 4.33. The van der Waals surface area contributed by atoms with E-state index in [1.165, 1.54) is 19.3 Å². The second-order valence-corrected chi connectivity index (χ2v) is 5.57. The number of amides is 1. The van der Waals surface area contributed by atoms with E-state index >= 15 is 0 Å². The van der Waals surface area contributed by atoms with Gasteiger partial charge in [0.25, 0.3) is 0 Å². The van der Waals surface area contributed by atoms with E-state index in [1.54, 1.807) is 0 Å². The topological polar surface area (TPSA) is 66.4 Å². The van der Waals surface area contributed by atoms with Crippen LogP contribution >= 0.6 is 0 Å². The van der Waals surface area contributed by atoms with E-state index in [0.29, 0.717) is 18.8 Å². The van der Waals surface area contributed by atoms with Crippen molar-refractivity contribution >= 4 is 11.9 Å². The lowest BCUT2D eigenvalue weighted by Gasteiger charge is -2.27. The largest absolute Gasteiger partial charge is 0.481 e. The smallest absolute Gasteiger partial charge is 0.310 e. The Morgan fingerprint density at radius 3 is 2.29 bits per heavy atom. The van der Waals surface area contributed by atoms with Gasteiger partial charge < -0.3 is 10.4 Å². The maximum Gasteiger partial charge on any atom is 0.310 e. The fraction of sp³-hybridized carbons (Fsp3) is 0.846. The second-order valence-electron chi connectivity index (χ2n) is 5.57. The Bertz CT molecular complexity index is 304. The zero-order chi connectivity index (χ0) is 12.3. The number of rotatable bonds is 5. The Labute approximate surface area is 102 Å². The minimum absolute atomic E-state index is 0.0822. The predicted molar refractivity (Wildman–Crippen MR) is 63.5 cm³/mol. The van der Waals surface area contributed by atoms with Gasteiger partial charge in [-0.3, -0.25) is 9.59 Å². The maximum absolute atomic E-state index is 11.8. The van der Waals surface area contributed by atoms with E-state index in [0.717, 1.165) is 19.4 Å². The molecule has 0 aliphatic heterocycles. The van der Waals surface area contributed by atoms with Crippen LogP contribution in [0.5, 0.6) is 0 Å². The third-order valence-corrected chi connectivity index (χ3v) is 4.33. The highest BCUT2D eigenvalue weighted by Gasteiger charge is 2.42. The molecule has 4 heteroatoms. The summed E-state index contributed by atoms with van der Waals surface area (Å²) in [5.74, 6) is -0.252. The van der Waals surface area contributed by atoms with Crippen molar-refractivity contribution in [3.63, 3.8) is 0 Å². The van der Waals surface area contributed by atoms with Gasteiger partial charge in [-0.15, -0.1) is 0 Å². The summed E-state index contributed by atoms with van der Waals surface area (Å²) in [6, 6.07) is 0. The molecule has 96 valence electrons. The summed E-state index contributed by atoms with van der Waals surface area (Å²) in [6.45, 7) is 0.731. The van der Waals surface area contributed by atoms with Gasteiger partial charge in [0, 0.05) is 13.0 Å². The second kappa shape index (κ2) is 5.07. The van der Waals surface area contributed by atoms with Crippen LogP contribution in [0.25, 0.3) is 0 Å². The predicted octanol–water partition coefficient (Wildman–Crippen LogP) is 1.94. The lowest BCUT2D eigenvalue weighted by molar-refractivity contribution is -0.151. The van der Waals surface area contributed by atoms with Crippen LogP contribution in [0.1, 0.15) is 51.4 Å². The van der Waals surface area contributed by atoms with E-state index in [9.17, 15) is 14.7 Å². The van der Waals surface area contributed by atoms with E-state index < -0.39 is 11.4 Å². The van der Waals surface area contributed by atoms with Crippen molar-refractivity contribution < 1.29 is 14.7 Å². The van der Waals surface area contributed by atoms with Gasteiger partial charge in [0.15, 0.2) is 0 Å². The highest BCUT2D eigenvalue weighted by Crippen LogP contribution is 2.41. The van der Waals surface area contributed by atoms with Gasteiger partial charge >= 0.3 is 5.97 Å². The van der Waals surface area contributed by atoms with Gasteiger partial charge in [-0.05, 0) is 31.6 Å². The zero-order valence-electron chi connectivity index (χ0n) is 10.2. The normalized spacial score (nSPS) is 23.1. The summed E-state index contributed by atoms with van der Waals surface area (Å²) in [5.41, 5.74) is -0.774. The Balaban J connectivity index is 1.80. The molecule has 0 atom stereocenters. The van der Waals surface area contributed by atoms with Crippen LogP contribution in [0.2, 0.25) is 0 Å². The van der Waals surface area contributed by atoms with Crippen molar-refractivity contribution in [3.05, 3.63) is 0 Å². The number of carboxylic acids is 1. The zero-order valence-corrected chi connectivity index (χ0v) is 10.2. The number of hydrogen-bond acceptors (Lipinski definition) is 2. The first kappa shape index (κ1) is 12.4. The van der Waals surface area contributed by atoms with E-state index in [2.05, 4.69) is 5.32 Å². The summed E-state index contributed by atoms with van der Waals surface area (Å²) in [6.07, 6.45) is 6.99. The molecule has 1 amide bonds. The molecule has 0 aromatic heterocycles. The highest BCUT2D eigenvalue weighted by molar-refractivity contribution is 5.85. The van der Waals surface area contributed by atoms with Gasteiger partial charge in [0.1, 0.15) is 0 Å². The molecule has 2 N–H and O–H groups in total. The van der Waals surface area contributed by atoms with Gasteiger partial charge in [0.05, 0.1) is 5.41 Å². The number of nitrogens with one attached hydrogen (secondary N) is 1. The molecule has 0 heterocycles. The molecule has 17 heavy (non-hydrogen) atoms. The molecule has 0 unspecified atom stereocenters. The van der Waals surface area contributed by atoms with Crippen LogP contribution in [0.3, 0.4) is 0 Å². The summed E-state index contributed by atoms with van der Waals surface area (Å²) < 4.78 is 0. The van der Waals surface area contributed by atoms with Crippen molar-refractivity contribution in [2.45, 2.75) is 51.4 Å². The highest BCUT2D eigenvalue weighted by atomic mass is 16.4. The standard InChI is InChI=1S/C13H21NO3/c15-11(14-9-10-4-3-5-10)8-13(12(16)17)6-1-2-7-13/h10H,1-9H2,(H,14,15)(H,16,17). The average Bonchev–Trinajstić information content (AvgIpc) is 2.65. The van der Waals surface area contributed by atoms with Gasteiger partial charge in [0.2, 0.25) is 5.91 Å². The molecule has 0 aromatic rings. The van der Waals surface area contributed by atoms with Crippen LogP contribution < -0.4 is 5.32 Å². The first-order chi connectivity index (χ1) is 8.12. The van der Waals surface area contributed by atoms with Gasteiger partial charge in [-0.25, -0.2) is 0 Å². The van der Waals surface area contributed by atoms with Crippen LogP contribution in [0, 0.1) is 11.3 Å². The third kappa shape index (κ3) is 2.79. The SMILES string of the molecule is O=C(CC1(C(=O)O)CCCC1)NCC1CCC1. The van der Waals surface area contributed by atoms with Gasteiger partial charge in [-0.1, -0.05) is 19.3 Å². The minimum atomic E-state index is -0.797. The summed E-state index contributed by atoms with van der Waals surface area (Å²) in [4.78, 5) is 23.1. The van der Waals surface area contributed by atoms with Crippen molar-refractivity contribution in [2.75, 3.05) is 6.54 Å². The monoisotopic (exact) mass is 239 g/mol. The van der Waals surface area contributed by atoms with Gasteiger partial charge in [-0.2, -0.15) is 0 Å². The fourth-order valence-electron chi connectivity index (χ4n) is 2.84. The number of carboxylic acid groups (broad SMARTS) is 1. The fourth-order valence-corrected chi connectivity index (χ4v) is 2.84. The molecule has 2 rings (SSSR count). The van der Waals surface area contributed by atoms with E-state index in [4.69, 9.17) is 0 Å². The summed E-state index contributed by atoms with van der Waals surface area (Å²) in [7, 11) is 0. The molecule has 0 aromatic carbocycles. The maximum atomic E-state index is 11.8. The van der Waals surface area contributed by atoms with E-state index in [-0.39, 0.29) is 12.3 Å². The van der Waals surface area contributed by atoms with Crippen molar-refractivity contribution in [1.29, 1.82) is 0 Å². The molecule has 0 bridgehead atoms. The minimum Gasteiger partial charge on any atom is -0.481 e. The molecular formula is C13H21NO3. The molecule has 0 spiro atoms. The van der Waals surface area contributed by atoms with Crippen molar-refractivity contribution in [2.24, 2.45) is 11.3 Å². The quantitative estimate of drug-likeness (QED) is 0.770.